The summed E-state index contributed by atoms with van der Waals surface area (Å²) < 4.78 is 11.9. The van der Waals surface area contributed by atoms with E-state index < -0.39 is 0 Å². The number of ether oxygens (including phenoxy) is 2. The molecule has 0 saturated carbocycles. The lowest BCUT2D eigenvalue weighted by Crippen LogP contribution is -2.23. The Balaban J connectivity index is 1.13. The number of unbranched alkanes of at least 4 members (excludes halogenated alkanes) is 3. The molecule has 6 nitrogen and oxygen atoms in total. The molecule has 0 radical (unpaired) electrons. The summed E-state index contributed by atoms with van der Waals surface area (Å²) in [5.41, 5.74) is 3.18. The molecular formula is C34H36N2O4. The molecule has 40 heavy (non-hydrogen) atoms. The van der Waals surface area contributed by atoms with Gasteiger partial charge in [0.25, 0.3) is 11.8 Å². The zero-order valence-electron chi connectivity index (χ0n) is 22.7. The minimum atomic E-state index is -0.148. The van der Waals surface area contributed by atoms with Gasteiger partial charge < -0.3 is 20.1 Å². The fourth-order valence-electron chi connectivity index (χ4n) is 4.23. The maximum atomic E-state index is 12.7. The van der Waals surface area contributed by atoms with Crippen LogP contribution in [0.4, 0.5) is 0 Å². The van der Waals surface area contributed by atoms with E-state index >= 15 is 0 Å². The standard InChI is InChI=1S/C34H36N2O4/c37-33(35-25-27-15-5-3-6-16-27)29-19-9-11-21-31(29)39-23-13-1-2-14-24-40-32-22-12-10-20-30(32)34(38)36-26-28-17-7-4-8-18-28/h3-12,15-22H,1-2,13-14,23-26H2,(H,35,37)(H,36,38). The minimum absolute atomic E-state index is 0.148. The van der Waals surface area contributed by atoms with E-state index in [-0.39, 0.29) is 11.8 Å². The maximum Gasteiger partial charge on any atom is 0.255 e. The second-order valence-electron chi connectivity index (χ2n) is 9.44. The van der Waals surface area contributed by atoms with Crippen LogP contribution in [0.1, 0.15) is 57.5 Å². The molecule has 0 unspecified atom stereocenters. The molecule has 0 saturated heterocycles. The van der Waals surface area contributed by atoms with Gasteiger partial charge >= 0.3 is 0 Å². The van der Waals surface area contributed by atoms with E-state index in [2.05, 4.69) is 10.6 Å². The zero-order chi connectivity index (χ0) is 27.8. The number of rotatable bonds is 15. The third-order valence-electron chi connectivity index (χ3n) is 6.41. The van der Waals surface area contributed by atoms with Gasteiger partial charge in [0.2, 0.25) is 0 Å². The highest BCUT2D eigenvalue weighted by molar-refractivity contribution is 5.97. The fraction of sp³-hybridized carbons (Fsp3) is 0.235. The van der Waals surface area contributed by atoms with Crippen molar-refractivity contribution < 1.29 is 19.1 Å². The van der Waals surface area contributed by atoms with Crippen LogP contribution in [0.3, 0.4) is 0 Å². The van der Waals surface area contributed by atoms with E-state index in [0.717, 1.165) is 36.8 Å². The molecule has 2 N–H and O–H groups in total. The number of carbonyl (C=O) groups is 2. The first-order valence-corrected chi connectivity index (χ1v) is 13.8. The third-order valence-corrected chi connectivity index (χ3v) is 6.41. The summed E-state index contributed by atoms with van der Waals surface area (Å²) in [5.74, 6) is 0.897. The van der Waals surface area contributed by atoms with Crippen molar-refractivity contribution in [2.24, 2.45) is 0 Å². The van der Waals surface area contributed by atoms with Crippen molar-refractivity contribution in [3.8, 4) is 11.5 Å². The van der Waals surface area contributed by atoms with Crippen LogP contribution < -0.4 is 20.1 Å². The quantitative estimate of drug-likeness (QED) is 0.169. The molecule has 206 valence electrons. The predicted molar refractivity (Wildman–Crippen MR) is 158 cm³/mol. The van der Waals surface area contributed by atoms with Crippen LogP contribution in [0.15, 0.2) is 109 Å². The number of amides is 2. The number of nitrogens with one attached hydrogen (secondary N) is 2. The number of hydrogen-bond acceptors (Lipinski definition) is 4. The highest BCUT2D eigenvalue weighted by atomic mass is 16.5. The summed E-state index contributed by atoms with van der Waals surface area (Å²) in [5, 5.41) is 5.92. The number of hydrogen-bond donors (Lipinski definition) is 2. The van der Waals surface area contributed by atoms with Crippen LogP contribution in [0.25, 0.3) is 0 Å². The topological polar surface area (TPSA) is 76.7 Å². The average Bonchev–Trinajstić information content (AvgIpc) is 3.01. The van der Waals surface area contributed by atoms with Crippen molar-refractivity contribution in [3.63, 3.8) is 0 Å². The normalized spacial score (nSPS) is 10.5. The number of para-hydroxylation sites is 2. The Hall–Kier alpha value is -4.58. The molecule has 6 heteroatoms. The average molecular weight is 537 g/mol. The predicted octanol–water partition coefficient (Wildman–Crippen LogP) is 6.56. The van der Waals surface area contributed by atoms with Crippen molar-refractivity contribution in [2.75, 3.05) is 13.2 Å². The summed E-state index contributed by atoms with van der Waals surface area (Å²) in [4.78, 5) is 25.4. The molecule has 0 bridgehead atoms. The second kappa shape index (κ2) is 15.7. The van der Waals surface area contributed by atoms with Gasteiger partial charge in [0.05, 0.1) is 24.3 Å². The molecule has 4 aromatic rings. The van der Waals surface area contributed by atoms with Crippen molar-refractivity contribution in [1.82, 2.24) is 10.6 Å². The number of benzene rings is 4. The van der Waals surface area contributed by atoms with E-state index in [9.17, 15) is 9.59 Å². The fourth-order valence-corrected chi connectivity index (χ4v) is 4.23. The summed E-state index contributed by atoms with van der Waals surface area (Å²) in [6.45, 7) is 2.01. The number of carbonyl (C=O) groups excluding carboxylic acids is 2. The highest BCUT2D eigenvalue weighted by Crippen LogP contribution is 2.20. The van der Waals surface area contributed by atoms with E-state index in [0.29, 0.717) is 48.9 Å². The molecule has 0 heterocycles. The van der Waals surface area contributed by atoms with Gasteiger partial charge in [-0.05, 0) is 61.1 Å². The first-order chi connectivity index (χ1) is 19.7. The van der Waals surface area contributed by atoms with Crippen LogP contribution in [0.5, 0.6) is 11.5 Å². The van der Waals surface area contributed by atoms with E-state index in [1.54, 1.807) is 12.1 Å². The Morgan fingerprint density at radius 3 is 1.27 bits per heavy atom. The van der Waals surface area contributed by atoms with Gasteiger partial charge in [0, 0.05) is 13.1 Å². The van der Waals surface area contributed by atoms with Crippen LogP contribution in [-0.4, -0.2) is 25.0 Å². The Bertz CT molecular complexity index is 1240. The van der Waals surface area contributed by atoms with Crippen molar-refractivity contribution in [1.29, 1.82) is 0 Å². The van der Waals surface area contributed by atoms with Crippen LogP contribution in [0.2, 0.25) is 0 Å². The summed E-state index contributed by atoms with van der Waals surface area (Å²) >= 11 is 0. The maximum absolute atomic E-state index is 12.7. The molecule has 4 aromatic carbocycles. The van der Waals surface area contributed by atoms with Gasteiger partial charge in [0.1, 0.15) is 11.5 Å². The molecule has 0 fully saturated rings. The Labute approximate surface area is 236 Å². The molecule has 0 aliphatic carbocycles. The van der Waals surface area contributed by atoms with Crippen LogP contribution in [-0.2, 0) is 13.1 Å². The molecule has 2 amide bonds. The summed E-state index contributed by atoms with van der Waals surface area (Å²) in [6.07, 6.45) is 3.70. The van der Waals surface area contributed by atoms with Gasteiger partial charge in [-0.1, -0.05) is 84.9 Å². The highest BCUT2D eigenvalue weighted by Gasteiger charge is 2.13. The van der Waals surface area contributed by atoms with E-state index in [1.165, 1.54) is 0 Å². The SMILES string of the molecule is O=C(NCc1ccccc1)c1ccccc1OCCCCCCOc1ccccc1C(=O)NCc1ccccc1. The van der Waals surface area contributed by atoms with Crippen molar-refractivity contribution in [2.45, 2.75) is 38.8 Å². The Morgan fingerprint density at radius 1 is 0.475 bits per heavy atom. The van der Waals surface area contributed by atoms with Crippen LogP contribution in [0, 0.1) is 0 Å². The summed E-state index contributed by atoms with van der Waals surface area (Å²) in [7, 11) is 0. The first kappa shape index (κ1) is 28.4. The zero-order valence-corrected chi connectivity index (χ0v) is 22.7. The van der Waals surface area contributed by atoms with Gasteiger partial charge in [-0.25, -0.2) is 0 Å². The third kappa shape index (κ3) is 9.02. The second-order valence-corrected chi connectivity index (χ2v) is 9.44. The molecule has 0 atom stereocenters. The van der Waals surface area contributed by atoms with Crippen molar-refractivity contribution >= 4 is 11.8 Å². The molecule has 0 spiro atoms. The lowest BCUT2D eigenvalue weighted by molar-refractivity contribution is 0.0938. The molecule has 0 aliphatic heterocycles. The van der Waals surface area contributed by atoms with Gasteiger partial charge in [-0.15, -0.1) is 0 Å². The molecule has 4 rings (SSSR count). The molecule has 0 aliphatic rings. The largest absolute Gasteiger partial charge is 0.493 e. The van der Waals surface area contributed by atoms with E-state index in [4.69, 9.17) is 9.47 Å². The molecule has 0 aromatic heterocycles. The van der Waals surface area contributed by atoms with E-state index in [1.807, 2.05) is 97.1 Å². The van der Waals surface area contributed by atoms with Gasteiger partial charge in [-0.2, -0.15) is 0 Å². The van der Waals surface area contributed by atoms with Crippen molar-refractivity contribution in [3.05, 3.63) is 131 Å². The Morgan fingerprint density at radius 2 is 0.850 bits per heavy atom. The minimum Gasteiger partial charge on any atom is -0.493 e. The molecular weight excluding hydrogens is 500 g/mol. The lowest BCUT2D eigenvalue weighted by atomic mass is 10.1. The smallest absolute Gasteiger partial charge is 0.255 e. The lowest BCUT2D eigenvalue weighted by Gasteiger charge is -2.13. The van der Waals surface area contributed by atoms with Crippen LogP contribution >= 0.6 is 0 Å². The Kier molecular flexibility index (Phi) is 11.2. The monoisotopic (exact) mass is 536 g/mol. The first-order valence-electron chi connectivity index (χ1n) is 13.8. The summed E-state index contributed by atoms with van der Waals surface area (Å²) in [6, 6.07) is 34.3. The van der Waals surface area contributed by atoms with Gasteiger partial charge in [-0.3, -0.25) is 9.59 Å². The van der Waals surface area contributed by atoms with Gasteiger partial charge in [0.15, 0.2) is 0 Å².